The van der Waals surface area contributed by atoms with E-state index in [9.17, 15) is 0 Å². The Morgan fingerprint density at radius 2 is 1.47 bits per heavy atom. The van der Waals surface area contributed by atoms with Gasteiger partial charge in [0, 0.05) is 0 Å². The Balaban J connectivity index is 1.72. The third kappa shape index (κ3) is 4.80. The van der Waals surface area contributed by atoms with Crippen LogP contribution in [0.4, 0.5) is 0 Å². The summed E-state index contributed by atoms with van der Waals surface area (Å²) < 4.78 is 0. The van der Waals surface area contributed by atoms with E-state index in [0.29, 0.717) is 0 Å². The molecule has 0 N–H and O–H groups in total. The zero-order chi connectivity index (χ0) is 13.5. The lowest BCUT2D eigenvalue weighted by molar-refractivity contribution is 0.133. The zero-order valence-corrected chi connectivity index (χ0v) is 13.5. The SMILES string of the molecule is CCCC[C@@H]1CCC[C@@H]([C@H]2CC[C@@H](CCC)CC2)C1. The first-order valence-corrected chi connectivity index (χ1v) is 9.33. The Labute approximate surface area is 121 Å². The van der Waals surface area contributed by atoms with E-state index in [4.69, 9.17) is 0 Å². The second kappa shape index (κ2) is 8.32. The molecule has 2 rings (SSSR count). The van der Waals surface area contributed by atoms with Crippen molar-refractivity contribution >= 4 is 0 Å². The molecule has 0 aromatic rings. The standard InChI is InChI=1S/C19H36/c1-3-5-8-17-9-6-10-19(15-17)18-13-11-16(7-4-2)12-14-18/h16-19H,3-15H2,1-2H3/t16-,17-,18+,19-/m1/s1. The van der Waals surface area contributed by atoms with Crippen LogP contribution in [-0.2, 0) is 0 Å². The number of hydrogen-bond donors (Lipinski definition) is 0. The molecule has 0 amide bonds. The highest BCUT2D eigenvalue weighted by molar-refractivity contribution is 4.82. The van der Waals surface area contributed by atoms with Gasteiger partial charge in [-0.1, -0.05) is 78.1 Å². The fourth-order valence-electron chi connectivity index (χ4n) is 4.87. The van der Waals surface area contributed by atoms with E-state index in [1.807, 2.05) is 0 Å². The summed E-state index contributed by atoms with van der Waals surface area (Å²) in [6.07, 6.45) is 19.7. The molecule has 0 heterocycles. The van der Waals surface area contributed by atoms with E-state index < -0.39 is 0 Å². The van der Waals surface area contributed by atoms with Gasteiger partial charge in [0.05, 0.1) is 0 Å². The maximum Gasteiger partial charge on any atom is -0.0383 e. The number of unbranched alkanes of at least 4 members (excludes halogenated alkanes) is 1. The van der Waals surface area contributed by atoms with Crippen LogP contribution in [0.5, 0.6) is 0 Å². The Kier molecular flexibility index (Phi) is 6.74. The molecule has 0 saturated heterocycles. The van der Waals surface area contributed by atoms with Gasteiger partial charge in [0.15, 0.2) is 0 Å². The molecule has 112 valence electrons. The van der Waals surface area contributed by atoms with Crippen molar-refractivity contribution in [1.82, 2.24) is 0 Å². The molecule has 0 aliphatic heterocycles. The van der Waals surface area contributed by atoms with Gasteiger partial charge < -0.3 is 0 Å². The van der Waals surface area contributed by atoms with Crippen LogP contribution >= 0.6 is 0 Å². The maximum atomic E-state index is 2.35. The van der Waals surface area contributed by atoms with Gasteiger partial charge >= 0.3 is 0 Å². The molecular weight excluding hydrogens is 228 g/mol. The summed E-state index contributed by atoms with van der Waals surface area (Å²) in [5.41, 5.74) is 0. The lowest BCUT2D eigenvalue weighted by Crippen LogP contribution is -2.26. The highest BCUT2D eigenvalue weighted by Gasteiger charge is 2.30. The molecule has 2 atom stereocenters. The van der Waals surface area contributed by atoms with Gasteiger partial charge in [0.1, 0.15) is 0 Å². The van der Waals surface area contributed by atoms with Gasteiger partial charge in [-0.25, -0.2) is 0 Å². The van der Waals surface area contributed by atoms with Crippen molar-refractivity contribution in [2.24, 2.45) is 23.7 Å². The summed E-state index contributed by atoms with van der Waals surface area (Å²) in [4.78, 5) is 0. The Morgan fingerprint density at radius 3 is 2.16 bits per heavy atom. The molecule has 0 aromatic heterocycles. The zero-order valence-electron chi connectivity index (χ0n) is 13.5. The van der Waals surface area contributed by atoms with Crippen LogP contribution in [0.2, 0.25) is 0 Å². The fourth-order valence-corrected chi connectivity index (χ4v) is 4.87. The summed E-state index contributed by atoms with van der Waals surface area (Å²) in [7, 11) is 0. The van der Waals surface area contributed by atoms with E-state index in [1.54, 1.807) is 44.9 Å². The molecule has 19 heavy (non-hydrogen) atoms. The van der Waals surface area contributed by atoms with Crippen molar-refractivity contribution in [2.45, 2.75) is 97.3 Å². The van der Waals surface area contributed by atoms with Crippen LogP contribution in [0.15, 0.2) is 0 Å². The average molecular weight is 264 g/mol. The molecule has 0 nitrogen and oxygen atoms in total. The van der Waals surface area contributed by atoms with Gasteiger partial charge in [-0.05, 0) is 42.9 Å². The lowest BCUT2D eigenvalue weighted by atomic mass is 9.67. The Bertz CT molecular complexity index is 224. The van der Waals surface area contributed by atoms with E-state index >= 15 is 0 Å². The Hall–Kier alpha value is 0. The van der Waals surface area contributed by atoms with Crippen molar-refractivity contribution in [3.63, 3.8) is 0 Å². The smallest absolute Gasteiger partial charge is 0.0383 e. The molecule has 2 aliphatic rings. The lowest BCUT2D eigenvalue weighted by Gasteiger charge is -2.38. The average Bonchev–Trinajstić information content (AvgIpc) is 2.46. The minimum absolute atomic E-state index is 1.08. The van der Waals surface area contributed by atoms with Crippen LogP contribution in [0.25, 0.3) is 0 Å². The molecule has 0 bridgehead atoms. The number of rotatable bonds is 6. The third-order valence-corrected chi connectivity index (χ3v) is 6.04. The first-order chi connectivity index (χ1) is 9.33. The van der Waals surface area contributed by atoms with E-state index in [-0.39, 0.29) is 0 Å². The van der Waals surface area contributed by atoms with Crippen molar-refractivity contribution < 1.29 is 0 Å². The van der Waals surface area contributed by atoms with Crippen LogP contribution < -0.4 is 0 Å². The summed E-state index contributed by atoms with van der Waals surface area (Å²) in [6.45, 7) is 4.70. The van der Waals surface area contributed by atoms with Gasteiger partial charge in [-0.2, -0.15) is 0 Å². The molecule has 2 saturated carbocycles. The Morgan fingerprint density at radius 1 is 0.684 bits per heavy atom. The predicted octanol–water partition coefficient (Wildman–Crippen LogP) is 6.59. The summed E-state index contributed by atoms with van der Waals surface area (Å²) in [6, 6.07) is 0. The first kappa shape index (κ1) is 15.4. The highest BCUT2D eigenvalue weighted by atomic mass is 14.4. The van der Waals surface area contributed by atoms with Crippen molar-refractivity contribution in [2.75, 3.05) is 0 Å². The molecule has 0 heteroatoms. The van der Waals surface area contributed by atoms with Crippen LogP contribution in [0.3, 0.4) is 0 Å². The second-order valence-corrected chi connectivity index (χ2v) is 7.50. The van der Waals surface area contributed by atoms with Crippen molar-refractivity contribution in [3.05, 3.63) is 0 Å². The van der Waals surface area contributed by atoms with E-state index in [2.05, 4.69) is 13.8 Å². The van der Waals surface area contributed by atoms with Crippen LogP contribution in [-0.4, -0.2) is 0 Å². The van der Waals surface area contributed by atoms with Crippen molar-refractivity contribution in [1.29, 1.82) is 0 Å². The summed E-state index contributed by atoms with van der Waals surface area (Å²) in [5, 5.41) is 0. The largest absolute Gasteiger partial charge is 0.0654 e. The molecule has 0 unspecified atom stereocenters. The second-order valence-electron chi connectivity index (χ2n) is 7.50. The quantitative estimate of drug-likeness (QED) is 0.507. The highest BCUT2D eigenvalue weighted by Crippen LogP contribution is 2.43. The fraction of sp³-hybridized carbons (Fsp3) is 1.00. The van der Waals surface area contributed by atoms with Gasteiger partial charge in [-0.15, -0.1) is 0 Å². The van der Waals surface area contributed by atoms with Gasteiger partial charge in [0.2, 0.25) is 0 Å². The monoisotopic (exact) mass is 264 g/mol. The predicted molar refractivity (Wildman–Crippen MR) is 85.3 cm³/mol. The molecule has 2 aliphatic carbocycles. The molecule has 2 fully saturated rings. The van der Waals surface area contributed by atoms with Crippen LogP contribution in [0, 0.1) is 23.7 Å². The summed E-state index contributed by atoms with van der Waals surface area (Å²) >= 11 is 0. The summed E-state index contributed by atoms with van der Waals surface area (Å²) in [5.74, 6) is 4.39. The molecule has 0 spiro atoms. The van der Waals surface area contributed by atoms with Crippen LogP contribution in [0.1, 0.15) is 97.3 Å². The minimum atomic E-state index is 1.08. The minimum Gasteiger partial charge on any atom is -0.0654 e. The van der Waals surface area contributed by atoms with Gasteiger partial charge in [-0.3, -0.25) is 0 Å². The van der Waals surface area contributed by atoms with E-state index in [1.165, 1.54) is 38.5 Å². The number of hydrogen-bond acceptors (Lipinski definition) is 0. The maximum absolute atomic E-state index is 2.35. The topological polar surface area (TPSA) is 0 Å². The first-order valence-electron chi connectivity index (χ1n) is 9.33. The normalized spacial score (nSPS) is 36.3. The molecular formula is C19H36. The molecule has 0 radical (unpaired) electrons. The third-order valence-electron chi connectivity index (χ3n) is 6.04. The van der Waals surface area contributed by atoms with Crippen molar-refractivity contribution in [3.8, 4) is 0 Å². The molecule has 0 aromatic carbocycles. The van der Waals surface area contributed by atoms with Gasteiger partial charge in [0.25, 0.3) is 0 Å². The van der Waals surface area contributed by atoms with E-state index in [0.717, 1.165) is 23.7 Å².